The summed E-state index contributed by atoms with van der Waals surface area (Å²) in [6.07, 6.45) is 4.52. The SMILES string of the molecule is Cc1cccc(C(O)CCN2CCCN3CCCC3C2)c1. The van der Waals surface area contributed by atoms with E-state index in [-0.39, 0.29) is 6.10 Å². The maximum atomic E-state index is 10.4. The van der Waals surface area contributed by atoms with Crippen LogP contribution in [0.5, 0.6) is 0 Å². The van der Waals surface area contributed by atoms with Crippen LogP contribution in [0.1, 0.15) is 42.9 Å². The molecule has 2 fully saturated rings. The van der Waals surface area contributed by atoms with Gasteiger partial charge in [-0.2, -0.15) is 0 Å². The lowest BCUT2D eigenvalue weighted by Crippen LogP contribution is -2.37. The van der Waals surface area contributed by atoms with E-state index >= 15 is 0 Å². The molecular formula is C18H28N2O. The van der Waals surface area contributed by atoms with Crippen molar-refractivity contribution in [1.82, 2.24) is 9.80 Å². The third-order valence-corrected chi connectivity index (χ3v) is 5.03. The third kappa shape index (κ3) is 3.85. The van der Waals surface area contributed by atoms with Crippen molar-refractivity contribution >= 4 is 0 Å². The van der Waals surface area contributed by atoms with Gasteiger partial charge < -0.3 is 10.0 Å². The average Bonchev–Trinajstić information content (AvgIpc) is 2.83. The van der Waals surface area contributed by atoms with Crippen molar-refractivity contribution in [2.45, 2.75) is 44.8 Å². The second-order valence-electron chi connectivity index (χ2n) is 6.70. The highest BCUT2D eigenvalue weighted by Crippen LogP contribution is 2.23. The molecule has 1 aromatic rings. The Morgan fingerprint density at radius 2 is 2.10 bits per heavy atom. The van der Waals surface area contributed by atoms with Gasteiger partial charge in [-0.25, -0.2) is 0 Å². The van der Waals surface area contributed by atoms with Crippen molar-refractivity contribution in [2.24, 2.45) is 0 Å². The number of fused-ring (bicyclic) bond motifs is 1. The van der Waals surface area contributed by atoms with Crippen LogP contribution in [-0.2, 0) is 0 Å². The Morgan fingerprint density at radius 3 is 2.95 bits per heavy atom. The number of hydrogen-bond acceptors (Lipinski definition) is 3. The molecule has 2 atom stereocenters. The van der Waals surface area contributed by atoms with Gasteiger partial charge in [0.1, 0.15) is 0 Å². The Kier molecular flexibility index (Phi) is 4.94. The molecule has 0 radical (unpaired) electrons. The second kappa shape index (κ2) is 6.91. The summed E-state index contributed by atoms with van der Waals surface area (Å²) in [5, 5.41) is 10.4. The van der Waals surface area contributed by atoms with E-state index in [1.807, 2.05) is 12.1 Å². The number of benzene rings is 1. The highest BCUT2D eigenvalue weighted by Gasteiger charge is 2.28. The number of rotatable bonds is 4. The van der Waals surface area contributed by atoms with Crippen LogP contribution >= 0.6 is 0 Å². The summed E-state index contributed by atoms with van der Waals surface area (Å²) in [7, 11) is 0. The Bertz CT molecular complexity index is 462. The molecule has 0 saturated carbocycles. The minimum absolute atomic E-state index is 0.326. The zero-order chi connectivity index (χ0) is 14.7. The Hall–Kier alpha value is -0.900. The van der Waals surface area contributed by atoms with Crippen LogP contribution in [0.4, 0.5) is 0 Å². The van der Waals surface area contributed by atoms with E-state index in [9.17, 15) is 5.11 Å². The molecule has 0 bridgehead atoms. The fourth-order valence-corrected chi connectivity index (χ4v) is 3.84. The Balaban J connectivity index is 1.52. The van der Waals surface area contributed by atoms with Crippen molar-refractivity contribution in [3.8, 4) is 0 Å². The first-order valence-corrected chi connectivity index (χ1v) is 8.43. The van der Waals surface area contributed by atoms with Crippen LogP contribution in [0.15, 0.2) is 24.3 Å². The largest absolute Gasteiger partial charge is 0.388 e. The standard InChI is InChI=1S/C18H28N2O/c1-15-5-2-6-16(13-15)18(21)8-12-19-9-4-11-20-10-3-7-17(20)14-19/h2,5-6,13,17-18,21H,3-4,7-12,14H2,1H3. The quantitative estimate of drug-likeness (QED) is 0.922. The molecule has 3 nitrogen and oxygen atoms in total. The lowest BCUT2D eigenvalue weighted by Gasteiger charge is -2.26. The summed E-state index contributed by atoms with van der Waals surface area (Å²) in [5.74, 6) is 0. The maximum Gasteiger partial charge on any atom is 0.0802 e. The van der Waals surface area contributed by atoms with Crippen LogP contribution < -0.4 is 0 Å². The first-order chi connectivity index (χ1) is 10.2. The first-order valence-electron chi connectivity index (χ1n) is 8.43. The van der Waals surface area contributed by atoms with E-state index in [0.29, 0.717) is 0 Å². The van der Waals surface area contributed by atoms with Gasteiger partial charge in [-0.15, -0.1) is 0 Å². The molecule has 3 heteroatoms. The Labute approximate surface area is 128 Å². The lowest BCUT2D eigenvalue weighted by molar-refractivity contribution is 0.137. The fourth-order valence-electron chi connectivity index (χ4n) is 3.84. The summed E-state index contributed by atoms with van der Waals surface area (Å²) in [5.41, 5.74) is 2.29. The van der Waals surface area contributed by atoms with E-state index < -0.39 is 0 Å². The third-order valence-electron chi connectivity index (χ3n) is 5.03. The van der Waals surface area contributed by atoms with Crippen molar-refractivity contribution in [2.75, 3.05) is 32.7 Å². The molecule has 2 aliphatic rings. The molecule has 1 aromatic carbocycles. The smallest absolute Gasteiger partial charge is 0.0802 e. The van der Waals surface area contributed by atoms with Gasteiger partial charge in [0.15, 0.2) is 0 Å². The predicted octanol–water partition coefficient (Wildman–Crippen LogP) is 2.59. The van der Waals surface area contributed by atoms with Gasteiger partial charge in [0.25, 0.3) is 0 Å². The van der Waals surface area contributed by atoms with Gasteiger partial charge in [0, 0.05) is 19.1 Å². The first kappa shape index (κ1) is 15.0. The van der Waals surface area contributed by atoms with Gasteiger partial charge in [-0.3, -0.25) is 4.90 Å². The summed E-state index contributed by atoms with van der Waals surface area (Å²) in [4.78, 5) is 5.23. The van der Waals surface area contributed by atoms with E-state index in [1.54, 1.807) is 0 Å². The molecule has 3 rings (SSSR count). The number of aliphatic hydroxyl groups is 1. The highest BCUT2D eigenvalue weighted by molar-refractivity contribution is 5.23. The summed E-state index contributed by atoms with van der Waals surface area (Å²) < 4.78 is 0. The molecule has 2 heterocycles. The minimum atomic E-state index is -0.326. The molecule has 2 aliphatic heterocycles. The normalized spacial score (nSPS) is 25.5. The van der Waals surface area contributed by atoms with Crippen molar-refractivity contribution < 1.29 is 5.11 Å². The van der Waals surface area contributed by atoms with E-state index in [0.717, 1.165) is 24.6 Å². The zero-order valence-corrected chi connectivity index (χ0v) is 13.2. The van der Waals surface area contributed by atoms with Gasteiger partial charge in [-0.05, 0) is 57.8 Å². The van der Waals surface area contributed by atoms with Crippen LogP contribution in [0.2, 0.25) is 0 Å². The zero-order valence-electron chi connectivity index (χ0n) is 13.2. The van der Waals surface area contributed by atoms with Crippen LogP contribution in [0, 0.1) is 6.92 Å². The van der Waals surface area contributed by atoms with E-state index in [1.165, 1.54) is 51.0 Å². The molecule has 0 aromatic heterocycles. The summed E-state index contributed by atoms with van der Waals surface area (Å²) in [6.45, 7) is 8.04. The number of aryl methyl sites for hydroxylation is 1. The fraction of sp³-hybridized carbons (Fsp3) is 0.667. The van der Waals surface area contributed by atoms with Gasteiger partial charge >= 0.3 is 0 Å². The molecular weight excluding hydrogens is 260 g/mol. The molecule has 2 unspecified atom stereocenters. The highest BCUT2D eigenvalue weighted by atomic mass is 16.3. The van der Waals surface area contributed by atoms with Crippen LogP contribution in [0.25, 0.3) is 0 Å². The van der Waals surface area contributed by atoms with Crippen LogP contribution in [0.3, 0.4) is 0 Å². The van der Waals surface area contributed by atoms with E-state index in [4.69, 9.17) is 0 Å². The molecule has 0 spiro atoms. The molecule has 2 saturated heterocycles. The molecule has 0 amide bonds. The number of hydrogen-bond donors (Lipinski definition) is 1. The van der Waals surface area contributed by atoms with Crippen LogP contribution in [-0.4, -0.2) is 53.7 Å². The van der Waals surface area contributed by atoms with E-state index in [2.05, 4.69) is 28.9 Å². The minimum Gasteiger partial charge on any atom is -0.388 e. The van der Waals surface area contributed by atoms with Crippen molar-refractivity contribution in [1.29, 1.82) is 0 Å². The average molecular weight is 288 g/mol. The summed E-state index contributed by atoms with van der Waals surface area (Å²) >= 11 is 0. The number of aliphatic hydroxyl groups excluding tert-OH is 1. The lowest BCUT2D eigenvalue weighted by atomic mass is 10.0. The van der Waals surface area contributed by atoms with Gasteiger partial charge in [0.05, 0.1) is 6.10 Å². The monoisotopic (exact) mass is 288 g/mol. The van der Waals surface area contributed by atoms with Crippen molar-refractivity contribution in [3.63, 3.8) is 0 Å². The maximum absolute atomic E-state index is 10.4. The molecule has 1 N–H and O–H groups in total. The van der Waals surface area contributed by atoms with Gasteiger partial charge in [-0.1, -0.05) is 29.8 Å². The Morgan fingerprint density at radius 1 is 1.24 bits per heavy atom. The summed E-state index contributed by atoms with van der Waals surface area (Å²) in [6, 6.07) is 9.03. The molecule has 21 heavy (non-hydrogen) atoms. The molecule has 0 aliphatic carbocycles. The topological polar surface area (TPSA) is 26.7 Å². The molecule has 116 valence electrons. The van der Waals surface area contributed by atoms with Gasteiger partial charge in [0.2, 0.25) is 0 Å². The predicted molar refractivity (Wildman–Crippen MR) is 86.4 cm³/mol. The number of nitrogens with zero attached hydrogens (tertiary/aromatic N) is 2. The van der Waals surface area contributed by atoms with Crippen molar-refractivity contribution in [3.05, 3.63) is 35.4 Å². The second-order valence-corrected chi connectivity index (χ2v) is 6.70.